The number of halogens is 1. The van der Waals surface area contributed by atoms with Crippen molar-refractivity contribution in [3.63, 3.8) is 0 Å². The SMILES string of the molecule is Cc1ccc(-c2nn(-c3ccccc3)cc2C2CC(=O)N(c3ccc(F)cc3)C3=C2C(=O)CCC3)cc1. The standard InChI is InChI=1S/C31H26FN3O2/c1-20-10-12-21(13-11-20)31-26(19-34(33-31)23-6-3-2-4-7-23)25-18-29(37)35(24-16-14-22(32)15-17-24)27-8-5-9-28(36)30(25)27/h2-4,6-7,10-17,19,25H,5,8-9,18H2,1H3. The van der Waals surface area contributed by atoms with Gasteiger partial charge in [-0.3, -0.25) is 14.5 Å². The topological polar surface area (TPSA) is 55.2 Å². The number of allylic oxidation sites excluding steroid dienone is 2. The number of ketones is 1. The van der Waals surface area contributed by atoms with Gasteiger partial charge in [0.15, 0.2) is 5.78 Å². The van der Waals surface area contributed by atoms with Crippen LogP contribution in [-0.4, -0.2) is 21.5 Å². The smallest absolute Gasteiger partial charge is 0.232 e. The van der Waals surface area contributed by atoms with Crippen LogP contribution < -0.4 is 4.90 Å². The molecule has 1 unspecified atom stereocenters. The molecule has 1 aliphatic carbocycles. The molecule has 37 heavy (non-hydrogen) atoms. The van der Waals surface area contributed by atoms with Crippen LogP contribution in [-0.2, 0) is 9.59 Å². The zero-order valence-corrected chi connectivity index (χ0v) is 20.5. The first kappa shape index (κ1) is 23.1. The Balaban J connectivity index is 1.53. The van der Waals surface area contributed by atoms with Crippen LogP contribution in [0, 0.1) is 12.7 Å². The van der Waals surface area contributed by atoms with E-state index in [4.69, 9.17) is 5.10 Å². The van der Waals surface area contributed by atoms with Crippen LogP contribution in [0.15, 0.2) is 96.3 Å². The van der Waals surface area contributed by atoms with E-state index in [1.54, 1.807) is 17.0 Å². The number of hydrogen-bond donors (Lipinski definition) is 0. The number of hydrogen-bond acceptors (Lipinski definition) is 3. The van der Waals surface area contributed by atoms with E-state index in [9.17, 15) is 14.0 Å². The van der Waals surface area contributed by atoms with Crippen LogP contribution in [0.3, 0.4) is 0 Å². The lowest BCUT2D eigenvalue weighted by Crippen LogP contribution is -2.40. The molecule has 0 fully saturated rings. The predicted molar refractivity (Wildman–Crippen MR) is 141 cm³/mol. The second kappa shape index (κ2) is 9.28. The van der Waals surface area contributed by atoms with Gasteiger partial charge < -0.3 is 0 Å². The minimum Gasteiger partial charge on any atom is -0.294 e. The monoisotopic (exact) mass is 491 g/mol. The summed E-state index contributed by atoms with van der Waals surface area (Å²) >= 11 is 0. The fourth-order valence-electron chi connectivity index (χ4n) is 5.44. The predicted octanol–water partition coefficient (Wildman–Crippen LogP) is 6.51. The Bertz CT molecular complexity index is 1520. The van der Waals surface area contributed by atoms with Gasteiger partial charge in [-0.25, -0.2) is 9.07 Å². The average Bonchev–Trinajstić information content (AvgIpc) is 3.35. The number of para-hydroxylation sites is 1. The molecule has 184 valence electrons. The summed E-state index contributed by atoms with van der Waals surface area (Å²) in [6, 6.07) is 23.9. The van der Waals surface area contributed by atoms with Crippen molar-refractivity contribution in [1.82, 2.24) is 9.78 Å². The van der Waals surface area contributed by atoms with Crippen LogP contribution >= 0.6 is 0 Å². The van der Waals surface area contributed by atoms with Gasteiger partial charge in [0.1, 0.15) is 5.82 Å². The fourth-order valence-corrected chi connectivity index (χ4v) is 5.44. The van der Waals surface area contributed by atoms with Crippen molar-refractivity contribution >= 4 is 17.4 Å². The Labute approximate surface area is 214 Å². The Kier molecular flexibility index (Phi) is 5.80. The van der Waals surface area contributed by atoms with Gasteiger partial charge in [0.2, 0.25) is 5.91 Å². The summed E-state index contributed by atoms with van der Waals surface area (Å²) in [6.45, 7) is 2.04. The van der Waals surface area contributed by atoms with Crippen molar-refractivity contribution in [3.05, 3.63) is 113 Å². The molecule has 2 heterocycles. The van der Waals surface area contributed by atoms with Crippen LogP contribution in [0.4, 0.5) is 10.1 Å². The summed E-state index contributed by atoms with van der Waals surface area (Å²) < 4.78 is 15.5. The highest BCUT2D eigenvalue weighted by molar-refractivity contribution is 6.07. The van der Waals surface area contributed by atoms with Crippen LogP contribution in [0.1, 0.15) is 42.7 Å². The van der Waals surface area contributed by atoms with E-state index in [2.05, 4.69) is 0 Å². The largest absolute Gasteiger partial charge is 0.294 e. The first-order chi connectivity index (χ1) is 18.0. The maximum Gasteiger partial charge on any atom is 0.232 e. The van der Waals surface area contributed by atoms with Crippen molar-refractivity contribution in [1.29, 1.82) is 0 Å². The fraction of sp³-hybridized carbons (Fsp3) is 0.194. The molecule has 5 nitrogen and oxygen atoms in total. The Morgan fingerprint density at radius 2 is 1.59 bits per heavy atom. The molecule has 1 aliphatic heterocycles. The third-order valence-electron chi connectivity index (χ3n) is 7.22. The number of carbonyl (C=O) groups excluding carboxylic acids is 2. The normalized spacial score (nSPS) is 17.8. The first-order valence-electron chi connectivity index (χ1n) is 12.6. The quantitative estimate of drug-likeness (QED) is 0.327. The van der Waals surface area contributed by atoms with Gasteiger partial charge in [0.05, 0.1) is 11.4 Å². The Morgan fingerprint density at radius 3 is 2.32 bits per heavy atom. The highest BCUT2D eigenvalue weighted by Gasteiger charge is 2.41. The minimum absolute atomic E-state index is 0.0631. The molecule has 0 bridgehead atoms. The van der Waals surface area contributed by atoms with Crippen molar-refractivity contribution in [2.24, 2.45) is 0 Å². The maximum atomic E-state index is 13.7. The molecule has 1 aromatic heterocycles. The number of amides is 1. The van der Waals surface area contributed by atoms with E-state index in [-0.39, 0.29) is 23.9 Å². The number of rotatable bonds is 4. The third kappa shape index (κ3) is 4.18. The van der Waals surface area contributed by atoms with Crippen LogP contribution in [0.2, 0.25) is 0 Å². The number of benzene rings is 3. The van der Waals surface area contributed by atoms with Gasteiger partial charge in [0, 0.05) is 53.0 Å². The number of carbonyl (C=O) groups is 2. The molecule has 6 heteroatoms. The summed E-state index contributed by atoms with van der Waals surface area (Å²) in [7, 11) is 0. The molecule has 0 N–H and O–H groups in total. The molecule has 1 amide bonds. The van der Waals surface area contributed by atoms with Gasteiger partial charge in [0.25, 0.3) is 0 Å². The highest BCUT2D eigenvalue weighted by Crippen LogP contribution is 2.45. The molecular weight excluding hydrogens is 465 g/mol. The molecule has 0 saturated carbocycles. The maximum absolute atomic E-state index is 13.7. The third-order valence-corrected chi connectivity index (χ3v) is 7.22. The molecule has 0 saturated heterocycles. The number of aryl methyl sites for hydroxylation is 1. The Morgan fingerprint density at radius 1 is 0.865 bits per heavy atom. The van der Waals surface area contributed by atoms with E-state index in [1.807, 2.05) is 72.4 Å². The van der Waals surface area contributed by atoms with Gasteiger partial charge in [-0.05, 0) is 56.2 Å². The lowest BCUT2D eigenvalue weighted by Gasteiger charge is -2.38. The summed E-state index contributed by atoms with van der Waals surface area (Å²) in [5.41, 5.74) is 6.61. The minimum atomic E-state index is -0.402. The number of aromatic nitrogens is 2. The lowest BCUT2D eigenvalue weighted by molar-refractivity contribution is -0.119. The van der Waals surface area contributed by atoms with Crippen LogP contribution in [0.25, 0.3) is 16.9 Å². The van der Waals surface area contributed by atoms with Crippen molar-refractivity contribution < 1.29 is 14.0 Å². The molecule has 3 aromatic carbocycles. The molecule has 1 atom stereocenters. The first-order valence-corrected chi connectivity index (χ1v) is 12.6. The molecule has 2 aliphatic rings. The summed E-state index contributed by atoms with van der Waals surface area (Å²) in [5, 5.41) is 4.95. The van der Waals surface area contributed by atoms with Crippen molar-refractivity contribution in [2.45, 2.75) is 38.5 Å². The average molecular weight is 492 g/mol. The molecule has 6 rings (SSSR count). The summed E-state index contributed by atoms with van der Waals surface area (Å²) in [6.07, 6.45) is 3.86. The summed E-state index contributed by atoms with van der Waals surface area (Å²) in [5.74, 6) is -0.808. The zero-order valence-electron chi connectivity index (χ0n) is 20.5. The number of nitrogens with zero attached hydrogens (tertiary/aromatic N) is 3. The molecule has 4 aromatic rings. The van der Waals surface area contributed by atoms with E-state index >= 15 is 0 Å². The second-order valence-electron chi connectivity index (χ2n) is 9.68. The molecule has 0 spiro atoms. The van der Waals surface area contributed by atoms with E-state index in [0.29, 0.717) is 30.5 Å². The second-order valence-corrected chi connectivity index (χ2v) is 9.68. The van der Waals surface area contributed by atoms with Gasteiger partial charge in [-0.1, -0.05) is 48.0 Å². The van der Waals surface area contributed by atoms with Gasteiger partial charge in [-0.15, -0.1) is 0 Å². The Hall–Kier alpha value is -4.32. The van der Waals surface area contributed by atoms with Gasteiger partial charge >= 0.3 is 0 Å². The van der Waals surface area contributed by atoms with Crippen molar-refractivity contribution in [3.8, 4) is 16.9 Å². The van der Waals surface area contributed by atoms with Crippen LogP contribution in [0.5, 0.6) is 0 Å². The van der Waals surface area contributed by atoms with Crippen molar-refractivity contribution in [2.75, 3.05) is 4.90 Å². The highest BCUT2D eigenvalue weighted by atomic mass is 19.1. The molecular formula is C31H26FN3O2. The zero-order chi connectivity index (χ0) is 25.5. The van der Waals surface area contributed by atoms with E-state index in [0.717, 1.165) is 33.8 Å². The van der Waals surface area contributed by atoms with E-state index in [1.165, 1.54) is 12.1 Å². The molecule has 0 radical (unpaired) electrons. The number of Topliss-reactive ketones (excluding diaryl/α,β-unsaturated/α-hetero) is 1. The van der Waals surface area contributed by atoms with E-state index < -0.39 is 5.92 Å². The lowest BCUT2D eigenvalue weighted by atomic mass is 9.76. The number of anilines is 1. The summed E-state index contributed by atoms with van der Waals surface area (Å²) in [4.78, 5) is 28.7. The van der Waals surface area contributed by atoms with Gasteiger partial charge in [-0.2, -0.15) is 5.10 Å².